The van der Waals surface area contributed by atoms with Crippen molar-refractivity contribution in [3.63, 3.8) is 0 Å². The van der Waals surface area contributed by atoms with Crippen LogP contribution >= 0.6 is 0 Å². The number of carbonyl (C=O) groups excluding carboxylic acids is 2. The van der Waals surface area contributed by atoms with Gasteiger partial charge in [0.15, 0.2) is 23.0 Å². The summed E-state index contributed by atoms with van der Waals surface area (Å²) in [5.41, 5.74) is 0.332. The SMILES string of the molecule is CCCCCCCCOc1cc(C(=O)OC(=O)c2cc(OCCCCCCCC)c(OCCCCCCCC)c(OCCCCCCCC)c2)cc(OCCCCCCCC)c1OCCCCCCCC. The van der Waals surface area contributed by atoms with Gasteiger partial charge in [-0.2, -0.15) is 0 Å². The van der Waals surface area contributed by atoms with Crippen LogP contribution in [0.2, 0.25) is 0 Å². The van der Waals surface area contributed by atoms with Crippen molar-refractivity contribution in [3.05, 3.63) is 35.4 Å². The highest BCUT2D eigenvalue weighted by Gasteiger charge is 2.25. The average Bonchev–Trinajstić information content (AvgIpc) is 3.37. The molecule has 9 heteroatoms. The first-order valence-corrected chi connectivity index (χ1v) is 29.8. The summed E-state index contributed by atoms with van der Waals surface area (Å²) in [6.45, 7) is 16.3. The van der Waals surface area contributed by atoms with Crippen molar-refractivity contribution in [2.75, 3.05) is 39.6 Å². The quantitative estimate of drug-likeness (QED) is 0.0364. The molecular formula is C62H106O9. The van der Waals surface area contributed by atoms with Crippen LogP contribution in [0.4, 0.5) is 0 Å². The van der Waals surface area contributed by atoms with E-state index >= 15 is 0 Å². The van der Waals surface area contributed by atoms with Crippen molar-refractivity contribution in [1.29, 1.82) is 0 Å². The van der Waals surface area contributed by atoms with Gasteiger partial charge in [0, 0.05) is 0 Å². The molecule has 408 valence electrons. The third kappa shape index (κ3) is 30.9. The summed E-state index contributed by atoms with van der Waals surface area (Å²) in [5.74, 6) is 1.18. The molecule has 0 saturated heterocycles. The van der Waals surface area contributed by atoms with Crippen LogP contribution in [0, 0.1) is 0 Å². The molecule has 0 amide bonds. The lowest BCUT2D eigenvalue weighted by Crippen LogP contribution is -2.15. The van der Waals surface area contributed by atoms with E-state index in [1.165, 1.54) is 128 Å². The van der Waals surface area contributed by atoms with Crippen molar-refractivity contribution in [2.45, 2.75) is 273 Å². The number of esters is 2. The molecule has 0 unspecified atom stereocenters. The summed E-state index contributed by atoms with van der Waals surface area (Å²) in [6, 6.07) is 6.63. The van der Waals surface area contributed by atoms with Crippen LogP contribution in [-0.4, -0.2) is 51.6 Å². The van der Waals surface area contributed by atoms with E-state index in [0.29, 0.717) is 74.1 Å². The molecule has 0 heterocycles. The Hall–Kier alpha value is -3.62. The molecule has 0 fully saturated rings. The maximum absolute atomic E-state index is 14.2. The molecule has 0 N–H and O–H groups in total. The highest BCUT2D eigenvalue weighted by Crippen LogP contribution is 2.42. The Morgan fingerprint density at radius 1 is 0.268 bits per heavy atom. The first-order chi connectivity index (χ1) is 34.9. The van der Waals surface area contributed by atoms with E-state index in [2.05, 4.69) is 41.5 Å². The Labute approximate surface area is 435 Å². The van der Waals surface area contributed by atoms with Crippen molar-refractivity contribution in [2.24, 2.45) is 0 Å². The zero-order chi connectivity index (χ0) is 51.3. The molecule has 2 rings (SSSR count). The van der Waals surface area contributed by atoms with Gasteiger partial charge in [-0.1, -0.05) is 234 Å². The van der Waals surface area contributed by atoms with Crippen LogP contribution in [0.3, 0.4) is 0 Å². The lowest BCUT2D eigenvalue weighted by Gasteiger charge is -2.19. The molecule has 0 bridgehead atoms. The fourth-order valence-electron chi connectivity index (χ4n) is 8.68. The van der Waals surface area contributed by atoms with E-state index in [4.69, 9.17) is 33.2 Å². The molecule has 71 heavy (non-hydrogen) atoms. The normalized spacial score (nSPS) is 11.2. The molecule has 2 aromatic rings. The second-order valence-electron chi connectivity index (χ2n) is 20.0. The largest absolute Gasteiger partial charge is 0.490 e. The van der Waals surface area contributed by atoms with Crippen molar-refractivity contribution in [3.8, 4) is 34.5 Å². The summed E-state index contributed by atoms with van der Waals surface area (Å²) >= 11 is 0. The van der Waals surface area contributed by atoms with Gasteiger partial charge in [0.05, 0.1) is 50.8 Å². The number of hydrogen-bond acceptors (Lipinski definition) is 9. The third-order valence-electron chi connectivity index (χ3n) is 13.2. The molecule has 0 spiro atoms. The second kappa shape index (κ2) is 45.0. The molecule has 0 radical (unpaired) electrons. The zero-order valence-corrected chi connectivity index (χ0v) is 46.7. The van der Waals surface area contributed by atoms with Crippen molar-refractivity contribution in [1.82, 2.24) is 0 Å². The van der Waals surface area contributed by atoms with Gasteiger partial charge >= 0.3 is 11.9 Å². The first kappa shape index (κ1) is 63.5. The smallest absolute Gasteiger partial charge is 0.346 e. The van der Waals surface area contributed by atoms with E-state index in [-0.39, 0.29) is 11.1 Å². The van der Waals surface area contributed by atoms with Gasteiger partial charge in [0.1, 0.15) is 0 Å². The monoisotopic (exact) mass is 995 g/mol. The molecule has 0 aromatic heterocycles. The number of rotatable bonds is 50. The molecule has 9 nitrogen and oxygen atoms in total. The van der Waals surface area contributed by atoms with E-state index in [0.717, 1.165) is 103 Å². The fourth-order valence-corrected chi connectivity index (χ4v) is 8.68. The first-order valence-electron chi connectivity index (χ1n) is 29.8. The van der Waals surface area contributed by atoms with Gasteiger partial charge in [-0.25, -0.2) is 9.59 Å². The average molecular weight is 996 g/mol. The number of unbranched alkanes of at least 4 members (excludes halogenated alkanes) is 30. The van der Waals surface area contributed by atoms with Crippen LogP contribution in [0.25, 0.3) is 0 Å². The second-order valence-corrected chi connectivity index (χ2v) is 20.0. The van der Waals surface area contributed by atoms with Gasteiger partial charge in [0.25, 0.3) is 0 Å². The number of hydrogen-bond donors (Lipinski definition) is 0. The Kier molecular flexibility index (Phi) is 40.3. The van der Waals surface area contributed by atoms with Gasteiger partial charge < -0.3 is 33.2 Å². The van der Waals surface area contributed by atoms with Crippen LogP contribution in [0.5, 0.6) is 34.5 Å². The summed E-state index contributed by atoms with van der Waals surface area (Å²) in [7, 11) is 0. The van der Waals surface area contributed by atoms with Gasteiger partial charge in [-0.05, 0) is 62.8 Å². The topological polar surface area (TPSA) is 98.8 Å². The number of ether oxygens (including phenoxy) is 7. The molecule has 0 saturated carbocycles. The molecule has 0 aliphatic carbocycles. The fraction of sp³-hybridized carbons (Fsp3) is 0.774. The Morgan fingerprint density at radius 3 is 0.662 bits per heavy atom. The highest BCUT2D eigenvalue weighted by molar-refractivity contribution is 6.03. The van der Waals surface area contributed by atoms with Crippen LogP contribution < -0.4 is 28.4 Å². The van der Waals surface area contributed by atoms with Crippen LogP contribution in [0.15, 0.2) is 24.3 Å². The summed E-state index contributed by atoms with van der Waals surface area (Å²) < 4.78 is 44.6. The van der Waals surface area contributed by atoms with Crippen LogP contribution in [0.1, 0.15) is 293 Å². The van der Waals surface area contributed by atoms with Gasteiger partial charge in [0.2, 0.25) is 11.5 Å². The predicted octanol–water partition coefficient (Wildman–Crippen LogP) is 19.1. The highest BCUT2D eigenvalue weighted by atomic mass is 16.6. The number of carbonyl (C=O) groups is 2. The lowest BCUT2D eigenvalue weighted by molar-refractivity contribution is 0.0396. The molecule has 0 aliphatic rings. The van der Waals surface area contributed by atoms with Gasteiger partial charge in [-0.3, -0.25) is 0 Å². The predicted molar refractivity (Wildman–Crippen MR) is 296 cm³/mol. The molecule has 0 aliphatic heterocycles. The van der Waals surface area contributed by atoms with E-state index < -0.39 is 11.9 Å². The third-order valence-corrected chi connectivity index (χ3v) is 13.2. The van der Waals surface area contributed by atoms with Crippen LogP contribution in [-0.2, 0) is 4.74 Å². The molecule has 2 aromatic carbocycles. The maximum atomic E-state index is 14.2. The van der Waals surface area contributed by atoms with E-state index in [1.807, 2.05) is 0 Å². The Bertz CT molecular complexity index is 1400. The lowest BCUT2D eigenvalue weighted by atomic mass is 10.1. The zero-order valence-electron chi connectivity index (χ0n) is 46.7. The standard InChI is InChI=1S/C62H106O9/c1-7-13-19-25-31-37-43-65-55-49-53(50-56(66-44-38-32-26-20-14-8-2)59(55)69-47-41-35-29-23-17-11-5)61(63)71-62(64)54-51-57(67-45-39-33-27-21-15-9-3)60(70-48-42-36-30-24-18-12-6)58(52-54)68-46-40-34-28-22-16-10-4/h49-52H,7-48H2,1-6H3. The summed E-state index contributed by atoms with van der Waals surface area (Å²) in [4.78, 5) is 28.5. The minimum absolute atomic E-state index is 0.166. The van der Waals surface area contributed by atoms with E-state index in [9.17, 15) is 9.59 Å². The Morgan fingerprint density at radius 2 is 0.451 bits per heavy atom. The minimum atomic E-state index is -0.793. The molecule has 0 atom stereocenters. The summed E-state index contributed by atoms with van der Waals surface area (Å²) in [5, 5.41) is 0. The van der Waals surface area contributed by atoms with E-state index in [1.54, 1.807) is 24.3 Å². The Balaban J connectivity index is 2.50. The minimum Gasteiger partial charge on any atom is -0.490 e. The summed E-state index contributed by atoms with van der Waals surface area (Å²) in [6.07, 6.45) is 40.7. The maximum Gasteiger partial charge on any atom is 0.346 e. The van der Waals surface area contributed by atoms with Crippen molar-refractivity contribution >= 4 is 11.9 Å². The van der Waals surface area contributed by atoms with Crippen molar-refractivity contribution < 1.29 is 42.7 Å². The van der Waals surface area contributed by atoms with Gasteiger partial charge in [-0.15, -0.1) is 0 Å². The number of benzene rings is 2. The molecular weight excluding hydrogens is 889 g/mol.